The van der Waals surface area contributed by atoms with Crippen molar-refractivity contribution in [1.82, 2.24) is 4.98 Å². The number of amides is 1. The largest absolute Gasteiger partial charge is 0.459 e. The average Bonchev–Trinajstić information content (AvgIpc) is 2.85. The van der Waals surface area contributed by atoms with Gasteiger partial charge in [-0.2, -0.15) is 0 Å². The fourth-order valence-corrected chi connectivity index (χ4v) is 1.37. The molecule has 0 unspecified atom stereocenters. The molecule has 2 heterocycles. The van der Waals surface area contributed by atoms with Gasteiger partial charge in [-0.15, -0.1) is 0 Å². The first-order chi connectivity index (χ1) is 8.58. The van der Waals surface area contributed by atoms with Gasteiger partial charge in [0.2, 0.25) is 0 Å². The summed E-state index contributed by atoms with van der Waals surface area (Å²) in [6, 6.07) is 4.44. The molecule has 0 spiro atoms. The van der Waals surface area contributed by atoms with Crippen LogP contribution in [0.1, 0.15) is 16.1 Å². The number of nitrogens with zero attached hydrogens (tertiary/aromatic N) is 2. The molecule has 0 aliphatic carbocycles. The predicted octanol–water partition coefficient (Wildman–Crippen LogP) is 2.14. The molecule has 0 aliphatic heterocycles. The van der Waals surface area contributed by atoms with Crippen molar-refractivity contribution < 1.29 is 14.1 Å². The van der Waals surface area contributed by atoms with E-state index in [-0.39, 0.29) is 17.3 Å². The molecule has 18 heavy (non-hydrogen) atoms. The van der Waals surface area contributed by atoms with E-state index in [1.165, 1.54) is 18.4 Å². The molecule has 0 saturated heterocycles. The number of pyridine rings is 1. The topological polar surface area (TPSA) is 98.3 Å². The Morgan fingerprint density at radius 2 is 2.33 bits per heavy atom. The van der Waals surface area contributed by atoms with Crippen molar-refractivity contribution in [3.8, 4) is 0 Å². The minimum atomic E-state index is -0.544. The lowest BCUT2D eigenvalue weighted by molar-refractivity contribution is -0.385. The van der Waals surface area contributed by atoms with Gasteiger partial charge in [-0.05, 0) is 24.6 Å². The highest BCUT2D eigenvalue weighted by Crippen LogP contribution is 2.18. The van der Waals surface area contributed by atoms with Gasteiger partial charge < -0.3 is 9.73 Å². The van der Waals surface area contributed by atoms with Gasteiger partial charge in [0.05, 0.1) is 11.2 Å². The maximum Gasteiger partial charge on any atom is 0.292 e. The van der Waals surface area contributed by atoms with Gasteiger partial charge in [-0.25, -0.2) is 4.98 Å². The summed E-state index contributed by atoms with van der Waals surface area (Å²) in [5.74, 6) is -0.0407. The quantitative estimate of drug-likeness (QED) is 0.661. The van der Waals surface area contributed by atoms with E-state index in [0.717, 1.165) is 6.20 Å². The fourth-order valence-electron chi connectivity index (χ4n) is 1.37. The normalized spacial score (nSPS) is 10.1. The van der Waals surface area contributed by atoms with Crippen LogP contribution < -0.4 is 5.32 Å². The van der Waals surface area contributed by atoms with Crippen molar-refractivity contribution in [2.45, 2.75) is 6.92 Å². The standard InChI is InChI=1S/C11H9N3O4/c1-7-5-8(14(16)17)6-12-10(7)13-11(15)9-3-2-4-18-9/h2-6H,1H3,(H,12,13,15). The van der Waals surface area contributed by atoms with E-state index in [9.17, 15) is 14.9 Å². The van der Waals surface area contributed by atoms with E-state index < -0.39 is 10.8 Å². The third kappa shape index (κ3) is 2.34. The van der Waals surface area contributed by atoms with Gasteiger partial charge >= 0.3 is 0 Å². The zero-order valence-corrected chi connectivity index (χ0v) is 9.41. The highest BCUT2D eigenvalue weighted by atomic mass is 16.6. The van der Waals surface area contributed by atoms with E-state index in [0.29, 0.717) is 5.56 Å². The summed E-state index contributed by atoms with van der Waals surface area (Å²) in [5.41, 5.74) is 0.382. The van der Waals surface area contributed by atoms with Crippen LogP contribution in [0.15, 0.2) is 35.1 Å². The number of aryl methyl sites for hydroxylation is 1. The Morgan fingerprint density at radius 1 is 1.56 bits per heavy atom. The van der Waals surface area contributed by atoms with Crippen molar-refractivity contribution in [2.75, 3.05) is 5.32 Å². The lowest BCUT2D eigenvalue weighted by atomic mass is 10.2. The molecule has 0 saturated carbocycles. The summed E-state index contributed by atoms with van der Waals surface area (Å²) in [6.45, 7) is 1.62. The summed E-state index contributed by atoms with van der Waals surface area (Å²) in [7, 11) is 0. The molecule has 7 nitrogen and oxygen atoms in total. The van der Waals surface area contributed by atoms with Gasteiger partial charge in [0.15, 0.2) is 5.76 Å². The molecule has 2 rings (SSSR count). The monoisotopic (exact) mass is 247 g/mol. The number of nitro groups is 1. The van der Waals surface area contributed by atoms with E-state index >= 15 is 0 Å². The number of hydrogen-bond acceptors (Lipinski definition) is 5. The van der Waals surface area contributed by atoms with E-state index in [1.807, 2.05) is 0 Å². The summed E-state index contributed by atoms with van der Waals surface area (Å²) in [6.07, 6.45) is 2.47. The second kappa shape index (κ2) is 4.66. The smallest absolute Gasteiger partial charge is 0.292 e. The average molecular weight is 247 g/mol. The van der Waals surface area contributed by atoms with E-state index in [2.05, 4.69) is 10.3 Å². The number of hydrogen-bond donors (Lipinski definition) is 1. The first-order valence-electron chi connectivity index (χ1n) is 5.04. The minimum Gasteiger partial charge on any atom is -0.459 e. The maximum absolute atomic E-state index is 11.7. The molecule has 0 radical (unpaired) electrons. The highest BCUT2D eigenvalue weighted by molar-refractivity contribution is 6.02. The molecule has 2 aromatic heterocycles. The molecular weight excluding hydrogens is 238 g/mol. The zero-order valence-electron chi connectivity index (χ0n) is 9.41. The Bertz CT molecular complexity index is 592. The Labute approximate surface area is 102 Å². The van der Waals surface area contributed by atoms with Gasteiger partial charge in [0, 0.05) is 6.07 Å². The summed E-state index contributed by atoms with van der Waals surface area (Å²) >= 11 is 0. The van der Waals surface area contributed by atoms with Crippen LogP contribution in [0, 0.1) is 17.0 Å². The Morgan fingerprint density at radius 3 is 2.89 bits per heavy atom. The molecule has 0 fully saturated rings. The number of furan rings is 1. The Balaban J connectivity index is 2.20. The molecule has 1 amide bonds. The molecule has 0 atom stereocenters. The number of rotatable bonds is 3. The van der Waals surface area contributed by atoms with Crippen molar-refractivity contribution in [3.05, 3.63) is 52.1 Å². The van der Waals surface area contributed by atoms with E-state index in [4.69, 9.17) is 4.42 Å². The van der Waals surface area contributed by atoms with Gasteiger partial charge in [-0.3, -0.25) is 14.9 Å². The van der Waals surface area contributed by atoms with Crippen LogP contribution in [0.3, 0.4) is 0 Å². The second-order valence-corrected chi connectivity index (χ2v) is 3.55. The lowest BCUT2D eigenvalue weighted by Crippen LogP contribution is -2.13. The van der Waals surface area contributed by atoms with Crippen LogP contribution in [-0.4, -0.2) is 15.8 Å². The summed E-state index contributed by atoms with van der Waals surface area (Å²) in [4.78, 5) is 25.5. The fraction of sp³-hybridized carbons (Fsp3) is 0.0909. The van der Waals surface area contributed by atoms with E-state index in [1.54, 1.807) is 13.0 Å². The maximum atomic E-state index is 11.7. The van der Waals surface area contributed by atoms with Gasteiger partial charge in [0.25, 0.3) is 11.6 Å². The number of nitrogens with one attached hydrogen (secondary N) is 1. The summed E-state index contributed by atoms with van der Waals surface area (Å²) in [5, 5.41) is 13.0. The number of aromatic nitrogens is 1. The number of carbonyl (C=O) groups is 1. The third-order valence-electron chi connectivity index (χ3n) is 2.25. The van der Waals surface area contributed by atoms with Crippen molar-refractivity contribution >= 4 is 17.4 Å². The van der Waals surface area contributed by atoms with Crippen molar-refractivity contribution in [2.24, 2.45) is 0 Å². The second-order valence-electron chi connectivity index (χ2n) is 3.55. The van der Waals surface area contributed by atoms with Crippen molar-refractivity contribution in [1.29, 1.82) is 0 Å². The molecule has 1 N–H and O–H groups in total. The Kier molecular flexibility index (Phi) is 3.05. The van der Waals surface area contributed by atoms with Crippen LogP contribution in [0.5, 0.6) is 0 Å². The predicted molar refractivity (Wildman–Crippen MR) is 62.3 cm³/mol. The van der Waals surface area contributed by atoms with Crippen LogP contribution in [0.25, 0.3) is 0 Å². The SMILES string of the molecule is Cc1cc([N+](=O)[O-])cnc1NC(=O)c1ccco1. The van der Waals surface area contributed by atoms with Crippen LogP contribution in [-0.2, 0) is 0 Å². The van der Waals surface area contributed by atoms with Crippen LogP contribution in [0.4, 0.5) is 11.5 Å². The lowest BCUT2D eigenvalue weighted by Gasteiger charge is -2.05. The third-order valence-corrected chi connectivity index (χ3v) is 2.25. The summed E-state index contributed by atoms with van der Waals surface area (Å²) < 4.78 is 4.92. The zero-order chi connectivity index (χ0) is 13.1. The van der Waals surface area contributed by atoms with Gasteiger partial charge in [0.1, 0.15) is 12.0 Å². The van der Waals surface area contributed by atoms with Crippen LogP contribution >= 0.6 is 0 Å². The van der Waals surface area contributed by atoms with Gasteiger partial charge in [-0.1, -0.05) is 0 Å². The minimum absolute atomic E-state index is 0.122. The first-order valence-corrected chi connectivity index (χ1v) is 5.04. The molecular formula is C11H9N3O4. The molecule has 0 aliphatic rings. The number of anilines is 1. The molecule has 0 bridgehead atoms. The Hall–Kier alpha value is -2.70. The molecule has 0 aromatic carbocycles. The van der Waals surface area contributed by atoms with Crippen molar-refractivity contribution in [3.63, 3.8) is 0 Å². The number of carbonyl (C=O) groups excluding carboxylic acids is 1. The molecule has 92 valence electrons. The molecule has 7 heteroatoms. The van der Waals surface area contributed by atoms with Crippen LogP contribution in [0.2, 0.25) is 0 Å². The highest BCUT2D eigenvalue weighted by Gasteiger charge is 2.13. The molecule has 2 aromatic rings. The first kappa shape index (κ1) is 11.8.